The fourth-order valence-corrected chi connectivity index (χ4v) is 3.70. The fourth-order valence-electron chi connectivity index (χ4n) is 2.53. The fraction of sp³-hybridized carbons (Fsp3) is 0.500. The van der Waals surface area contributed by atoms with Gasteiger partial charge in [-0.1, -0.05) is 0 Å². The summed E-state index contributed by atoms with van der Waals surface area (Å²) in [7, 11) is 0. The third-order valence-electron chi connectivity index (χ3n) is 3.81. The summed E-state index contributed by atoms with van der Waals surface area (Å²) in [5.41, 5.74) is 1.06. The number of nitrogens with one attached hydrogen (secondary N) is 1. The second kappa shape index (κ2) is 6.74. The number of hydrogen-bond donors (Lipinski definition) is 1. The minimum atomic E-state index is -1.21. The predicted octanol–water partition coefficient (Wildman–Crippen LogP) is 4.07. The highest BCUT2D eigenvalue weighted by atomic mass is 79.9. The summed E-state index contributed by atoms with van der Waals surface area (Å²) in [6.07, 6.45) is 3.63. The standard InChI is InChI=1S/C16H19BrFN3O2S/c1-16(2,3)24(22)21-12-6-4-5-11-14(12)23-15(20-11)9-7-13(17)19-8-10(9)18/h7-8,12,21H,4-6H2,1-3H3/t12-,24?/m0/s1. The van der Waals surface area contributed by atoms with Gasteiger partial charge >= 0.3 is 0 Å². The summed E-state index contributed by atoms with van der Waals surface area (Å²) in [5, 5.41) is 0. The van der Waals surface area contributed by atoms with Crippen LogP contribution in [0.2, 0.25) is 0 Å². The maximum atomic E-state index is 14.0. The van der Waals surface area contributed by atoms with Crippen molar-refractivity contribution >= 4 is 27.3 Å². The van der Waals surface area contributed by atoms with Gasteiger partial charge in [0.2, 0.25) is 5.89 Å². The molecule has 8 heteroatoms. The van der Waals surface area contributed by atoms with E-state index in [9.17, 15) is 8.94 Å². The monoisotopic (exact) mass is 415 g/mol. The SMILES string of the molecule is CC(C)(C)[S+]([O-])N[C@H]1CCCc2nc(-c3cc(Br)ncc3F)oc21. The molecular formula is C16H19BrFN3O2S. The van der Waals surface area contributed by atoms with Crippen LogP contribution in [0.1, 0.15) is 51.1 Å². The van der Waals surface area contributed by atoms with Gasteiger partial charge in [0.15, 0.2) is 5.82 Å². The molecule has 0 radical (unpaired) electrons. The predicted molar refractivity (Wildman–Crippen MR) is 94.1 cm³/mol. The molecule has 1 unspecified atom stereocenters. The minimum absolute atomic E-state index is 0.177. The number of hydrogen-bond acceptors (Lipinski definition) is 5. The zero-order valence-corrected chi connectivity index (χ0v) is 16.1. The van der Waals surface area contributed by atoms with Gasteiger partial charge in [-0.15, -0.1) is 4.72 Å². The second-order valence-electron chi connectivity index (χ2n) is 6.76. The summed E-state index contributed by atoms with van der Waals surface area (Å²) in [6.45, 7) is 5.74. The Morgan fingerprint density at radius 1 is 1.46 bits per heavy atom. The van der Waals surface area contributed by atoms with Crippen LogP contribution in [0.3, 0.4) is 0 Å². The molecule has 0 bridgehead atoms. The smallest absolute Gasteiger partial charge is 0.229 e. The highest BCUT2D eigenvalue weighted by molar-refractivity contribution is 9.10. The van der Waals surface area contributed by atoms with Crippen molar-refractivity contribution in [3.05, 3.63) is 34.1 Å². The van der Waals surface area contributed by atoms with Crippen molar-refractivity contribution < 1.29 is 13.4 Å². The number of aryl methyl sites for hydroxylation is 1. The Morgan fingerprint density at radius 3 is 2.92 bits per heavy atom. The van der Waals surface area contributed by atoms with Crippen LogP contribution >= 0.6 is 15.9 Å². The summed E-state index contributed by atoms with van der Waals surface area (Å²) < 4.78 is 35.5. The number of fused-ring (bicyclic) bond motifs is 1. The molecule has 2 atom stereocenters. The van der Waals surface area contributed by atoms with Crippen molar-refractivity contribution in [1.82, 2.24) is 14.7 Å². The van der Waals surface area contributed by atoms with E-state index < -0.39 is 17.2 Å². The molecule has 0 aliphatic heterocycles. The third kappa shape index (κ3) is 3.66. The van der Waals surface area contributed by atoms with E-state index in [1.165, 1.54) is 0 Å². The quantitative estimate of drug-likeness (QED) is 0.603. The van der Waals surface area contributed by atoms with Gasteiger partial charge in [-0.05, 0) is 62.0 Å². The first-order valence-electron chi connectivity index (χ1n) is 7.75. The molecule has 0 saturated heterocycles. The maximum absolute atomic E-state index is 14.0. The Bertz CT molecular complexity index is 747. The lowest BCUT2D eigenvalue weighted by Gasteiger charge is -2.28. The molecule has 0 amide bonds. The van der Waals surface area contributed by atoms with Crippen LogP contribution in [0.25, 0.3) is 11.5 Å². The summed E-state index contributed by atoms with van der Waals surface area (Å²) >= 11 is 2.02. The van der Waals surface area contributed by atoms with Gasteiger partial charge in [-0.3, -0.25) is 0 Å². The van der Waals surface area contributed by atoms with Crippen molar-refractivity contribution in [2.24, 2.45) is 0 Å². The van der Waals surface area contributed by atoms with Crippen molar-refractivity contribution in [3.8, 4) is 11.5 Å². The van der Waals surface area contributed by atoms with E-state index in [-0.39, 0.29) is 22.2 Å². The second-order valence-corrected chi connectivity index (χ2v) is 9.57. The van der Waals surface area contributed by atoms with Gasteiger partial charge in [-0.2, -0.15) is 0 Å². The summed E-state index contributed by atoms with van der Waals surface area (Å²) in [6, 6.07) is 1.37. The molecule has 0 fully saturated rings. The number of oxazole rings is 1. The van der Waals surface area contributed by atoms with E-state index in [0.717, 1.165) is 31.2 Å². The Labute approximate surface area is 151 Å². The summed E-state index contributed by atoms with van der Waals surface area (Å²) in [5.74, 6) is 0.400. The first kappa shape index (κ1) is 17.8. The molecule has 1 aliphatic carbocycles. The molecule has 0 aromatic carbocycles. The molecule has 5 nitrogen and oxygen atoms in total. The van der Waals surface area contributed by atoms with Crippen LogP contribution in [-0.4, -0.2) is 19.3 Å². The van der Waals surface area contributed by atoms with E-state index in [1.54, 1.807) is 6.07 Å². The molecule has 2 aromatic heterocycles. The average Bonchev–Trinajstić information content (AvgIpc) is 2.93. The Kier molecular flexibility index (Phi) is 5.01. The molecule has 0 saturated carbocycles. The van der Waals surface area contributed by atoms with Gasteiger partial charge in [0.05, 0.1) is 17.5 Å². The van der Waals surface area contributed by atoms with Crippen molar-refractivity contribution in [3.63, 3.8) is 0 Å². The molecular weight excluding hydrogens is 397 g/mol. The first-order valence-corrected chi connectivity index (χ1v) is 9.69. The van der Waals surface area contributed by atoms with Crippen molar-refractivity contribution in [1.29, 1.82) is 0 Å². The van der Waals surface area contributed by atoms with Crippen LogP contribution in [0, 0.1) is 5.82 Å². The number of pyridine rings is 1. The Hall–Kier alpha value is -0.960. The van der Waals surface area contributed by atoms with Gasteiger partial charge < -0.3 is 8.97 Å². The van der Waals surface area contributed by atoms with Crippen molar-refractivity contribution in [2.75, 3.05) is 0 Å². The third-order valence-corrected chi connectivity index (χ3v) is 5.85. The molecule has 3 rings (SSSR count). The molecule has 130 valence electrons. The van der Waals surface area contributed by atoms with Crippen LogP contribution in [0.5, 0.6) is 0 Å². The summed E-state index contributed by atoms with van der Waals surface area (Å²) in [4.78, 5) is 8.30. The largest absolute Gasteiger partial charge is 0.598 e. The van der Waals surface area contributed by atoms with E-state index in [2.05, 4.69) is 30.6 Å². The van der Waals surface area contributed by atoms with Crippen LogP contribution in [0.4, 0.5) is 4.39 Å². The molecule has 2 aromatic rings. The minimum Gasteiger partial charge on any atom is -0.598 e. The van der Waals surface area contributed by atoms with E-state index in [0.29, 0.717) is 10.4 Å². The van der Waals surface area contributed by atoms with Gasteiger partial charge in [0, 0.05) is 11.4 Å². The number of halogens is 2. The Morgan fingerprint density at radius 2 is 2.21 bits per heavy atom. The molecule has 2 heterocycles. The molecule has 24 heavy (non-hydrogen) atoms. The van der Waals surface area contributed by atoms with Gasteiger partial charge in [0.25, 0.3) is 0 Å². The lowest BCUT2D eigenvalue weighted by atomic mass is 9.98. The number of aromatic nitrogens is 2. The van der Waals surface area contributed by atoms with Crippen LogP contribution < -0.4 is 4.72 Å². The normalized spacial score (nSPS) is 19.2. The first-order chi connectivity index (χ1) is 11.3. The van der Waals surface area contributed by atoms with E-state index in [1.807, 2.05) is 20.8 Å². The average molecular weight is 416 g/mol. The van der Waals surface area contributed by atoms with Crippen LogP contribution in [-0.2, 0) is 17.8 Å². The lowest BCUT2D eigenvalue weighted by molar-refractivity contribution is 0.401. The number of nitrogens with zero attached hydrogens (tertiary/aromatic N) is 2. The van der Waals surface area contributed by atoms with Gasteiger partial charge in [-0.25, -0.2) is 14.4 Å². The molecule has 1 N–H and O–H groups in total. The lowest BCUT2D eigenvalue weighted by Crippen LogP contribution is -2.41. The van der Waals surface area contributed by atoms with E-state index >= 15 is 0 Å². The zero-order valence-electron chi connectivity index (χ0n) is 13.7. The van der Waals surface area contributed by atoms with E-state index in [4.69, 9.17) is 4.42 Å². The Balaban J connectivity index is 1.92. The maximum Gasteiger partial charge on any atom is 0.229 e. The highest BCUT2D eigenvalue weighted by Gasteiger charge is 2.35. The van der Waals surface area contributed by atoms with Crippen molar-refractivity contribution in [2.45, 2.75) is 50.8 Å². The zero-order chi connectivity index (χ0) is 17.5. The highest BCUT2D eigenvalue weighted by Crippen LogP contribution is 2.35. The topological polar surface area (TPSA) is 74.0 Å². The van der Waals surface area contributed by atoms with Gasteiger partial charge in [0.1, 0.15) is 21.2 Å². The molecule has 1 aliphatic rings. The molecule has 0 spiro atoms. The van der Waals surface area contributed by atoms with Crippen LogP contribution in [0.15, 0.2) is 21.3 Å². The number of rotatable bonds is 3.